The molecule has 5 aromatic rings. The molecule has 15 heteroatoms. The molecule has 2 aromatic heterocycles. The Labute approximate surface area is 311 Å². The molecule has 0 aliphatic carbocycles. The molecule has 1 aliphatic rings. The molecule has 15 nitrogen and oxygen atoms in total. The van der Waals surface area contributed by atoms with Gasteiger partial charge in [-0.25, -0.2) is 19.6 Å². The summed E-state index contributed by atoms with van der Waals surface area (Å²) >= 11 is 0. The minimum atomic E-state index is -0.612. The summed E-state index contributed by atoms with van der Waals surface area (Å²) in [5, 5.41) is 15.5. The Bertz CT molecular complexity index is 2190. The molecule has 0 spiro atoms. The highest BCUT2D eigenvalue weighted by Gasteiger charge is 2.27. The third-order valence-electron chi connectivity index (χ3n) is 7.84. The van der Waals surface area contributed by atoms with E-state index >= 15 is 0 Å². The third kappa shape index (κ3) is 9.47. The summed E-state index contributed by atoms with van der Waals surface area (Å²) in [6, 6.07) is 20.7. The summed E-state index contributed by atoms with van der Waals surface area (Å²) in [6.07, 6.45) is 1.25. The number of aromatic nitrogens is 6. The highest BCUT2D eigenvalue weighted by molar-refractivity contribution is 5.98. The van der Waals surface area contributed by atoms with E-state index in [0.717, 1.165) is 16.7 Å². The lowest BCUT2D eigenvalue weighted by Crippen LogP contribution is -2.38. The molecule has 0 fully saturated rings. The van der Waals surface area contributed by atoms with Crippen molar-refractivity contribution in [2.45, 2.75) is 72.4 Å². The summed E-state index contributed by atoms with van der Waals surface area (Å²) < 4.78 is 16.5. The summed E-state index contributed by atoms with van der Waals surface area (Å²) in [7, 11) is 0. The number of hydrogen-bond acceptors (Lipinski definition) is 12. The normalized spacial score (nSPS) is 12.8. The molecule has 0 unspecified atom stereocenters. The van der Waals surface area contributed by atoms with E-state index in [-0.39, 0.29) is 43.7 Å². The van der Waals surface area contributed by atoms with Crippen molar-refractivity contribution in [3.8, 4) is 17.3 Å². The zero-order chi connectivity index (χ0) is 38.6. The lowest BCUT2D eigenvalue weighted by molar-refractivity contribution is -0.121. The van der Waals surface area contributed by atoms with Crippen LogP contribution in [0.1, 0.15) is 89.4 Å². The van der Waals surface area contributed by atoms with Gasteiger partial charge in [0.1, 0.15) is 34.7 Å². The van der Waals surface area contributed by atoms with Crippen molar-refractivity contribution in [3.05, 3.63) is 113 Å². The molecule has 278 valence electrons. The van der Waals surface area contributed by atoms with Crippen molar-refractivity contribution in [1.82, 2.24) is 35.5 Å². The third-order valence-corrected chi connectivity index (χ3v) is 7.84. The van der Waals surface area contributed by atoms with Crippen LogP contribution >= 0.6 is 0 Å². The highest BCUT2D eigenvalue weighted by Crippen LogP contribution is 2.34. The van der Waals surface area contributed by atoms with Crippen molar-refractivity contribution in [2.75, 3.05) is 11.5 Å². The van der Waals surface area contributed by atoms with E-state index in [2.05, 4.69) is 30.7 Å². The first-order valence-electron chi connectivity index (χ1n) is 17.2. The number of benzene rings is 3. The Balaban J connectivity index is 1.08. The molecule has 3 aromatic carbocycles. The average Bonchev–Trinajstić information content (AvgIpc) is 3.59. The first-order chi connectivity index (χ1) is 25.6. The number of ether oxygens (including phenoxy) is 3. The maximum Gasteiger partial charge on any atom is 0.338 e. The van der Waals surface area contributed by atoms with Crippen molar-refractivity contribution in [2.24, 2.45) is 0 Å². The number of hydrogen-bond donors (Lipinski definition) is 1. The SMILES string of the molecule is CC(C)(C)OC(=O)c1ccc(CN2C(=O)COc3ccc(CNC(=O)c4cc(-c5nnn(Cc6ccc(C(=O)OC(C)(C)C)cc6)n5)ncn4)cc32)cc1. The van der Waals surface area contributed by atoms with Gasteiger partial charge in [0.25, 0.3) is 11.8 Å². The van der Waals surface area contributed by atoms with E-state index in [4.69, 9.17) is 14.2 Å². The van der Waals surface area contributed by atoms with Gasteiger partial charge >= 0.3 is 11.9 Å². The van der Waals surface area contributed by atoms with Gasteiger partial charge in [-0.05, 0) is 106 Å². The van der Waals surface area contributed by atoms with E-state index in [1.165, 1.54) is 17.2 Å². The number of fused-ring (bicyclic) bond motifs is 1. The molecular weight excluding hydrogens is 692 g/mol. The molecule has 0 bridgehead atoms. The van der Waals surface area contributed by atoms with Crippen LogP contribution in [0.15, 0.2) is 79.1 Å². The van der Waals surface area contributed by atoms with Crippen molar-refractivity contribution in [1.29, 1.82) is 0 Å². The molecule has 0 atom stereocenters. The molecule has 0 saturated heterocycles. The number of anilines is 1. The molecule has 6 rings (SSSR count). The van der Waals surface area contributed by atoms with E-state index < -0.39 is 29.0 Å². The van der Waals surface area contributed by atoms with Crippen LogP contribution in [-0.2, 0) is 33.9 Å². The second-order valence-electron chi connectivity index (χ2n) is 14.6. The van der Waals surface area contributed by atoms with Gasteiger partial charge in [-0.15, -0.1) is 10.2 Å². The number of nitrogens with one attached hydrogen (secondary N) is 1. The number of amides is 2. The lowest BCUT2D eigenvalue weighted by atomic mass is 10.1. The molecule has 1 N–H and O–H groups in total. The van der Waals surface area contributed by atoms with Gasteiger partial charge in [-0.1, -0.05) is 30.3 Å². The van der Waals surface area contributed by atoms with Crippen LogP contribution in [0.5, 0.6) is 5.75 Å². The second-order valence-corrected chi connectivity index (χ2v) is 14.6. The van der Waals surface area contributed by atoms with E-state index in [0.29, 0.717) is 28.3 Å². The van der Waals surface area contributed by atoms with Gasteiger partial charge in [0.05, 0.1) is 29.9 Å². The van der Waals surface area contributed by atoms with Crippen LogP contribution < -0.4 is 15.0 Å². The average molecular weight is 733 g/mol. The van der Waals surface area contributed by atoms with Crippen LogP contribution in [0.2, 0.25) is 0 Å². The highest BCUT2D eigenvalue weighted by atomic mass is 16.6. The van der Waals surface area contributed by atoms with Crippen LogP contribution in [0.25, 0.3) is 11.5 Å². The first kappa shape index (κ1) is 37.3. The molecule has 3 heterocycles. The van der Waals surface area contributed by atoms with E-state index in [9.17, 15) is 19.2 Å². The van der Waals surface area contributed by atoms with Crippen molar-refractivity contribution in [3.63, 3.8) is 0 Å². The van der Waals surface area contributed by atoms with E-state index in [1.54, 1.807) is 92.4 Å². The molecule has 54 heavy (non-hydrogen) atoms. The fourth-order valence-corrected chi connectivity index (χ4v) is 5.33. The van der Waals surface area contributed by atoms with Gasteiger partial charge in [0, 0.05) is 6.54 Å². The second kappa shape index (κ2) is 15.2. The zero-order valence-corrected chi connectivity index (χ0v) is 30.8. The summed E-state index contributed by atoms with van der Waals surface area (Å²) in [6.45, 7) is 11.4. The van der Waals surface area contributed by atoms with Crippen LogP contribution in [-0.4, -0.2) is 71.7 Å². The van der Waals surface area contributed by atoms with Crippen LogP contribution in [0.3, 0.4) is 0 Å². The van der Waals surface area contributed by atoms with Crippen LogP contribution in [0, 0.1) is 0 Å². The summed E-state index contributed by atoms with van der Waals surface area (Å²) in [4.78, 5) is 62.3. The van der Waals surface area contributed by atoms with Gasteiger partial charge < -0.3 is 24.4 Å². The minimum Gasteiger partial charge on any atom is -0.482 e. The lowest BCUT2D eigenvalue weighted by Gasteiger charge is -2.30. The van der Waals surface area contributed by atoms with Gasteiger partial charge in [0.15, 0.2) is 6.61 Å². The number of carbonyl (C=O) groups is 4. The fraction of sp³-hybridized carbons (Fsp3) is 0.308. The first-order valence-corrected chi connectivity index (χ1v) is 17.2. The maximum atomic E-state index is 13.2. The predicted octanol–water partition coefficient (Wildman–Crippen LogP) is 4.94. The smallest absolute Gasteiger partial charge is 0.338 e. The molecule has 1 aliphatic heterocycles. The number of rotatable bonds is 10. The Morgan fingerprint density at radius 2 is 1.37 bits per heavy atom. The standard InChI is InChI=1S/C39H40N8O7/c1-38(2,3)53-36(50)27-12-7-24(8-13-27)20-46-31-17-26(11-16-32(31)52-22-33(46)48)19-40-35(49)30-18-29(41-23-42-30)34-43-45-47(44-34)21-25-9-14-28(15-10-25)37(51)54-39(4,5)6/h7-18,23H,19-22H2,1-6H3,(H,40,49). The predicted molar refractivity (Wildman–Crippen MR) is 195 cm³/mol. The van der Waals surface area contributed by atoms with Crippen molar-refractivity contribution < 1.29 is 33.4 Å². The Hall–Kier alpha value is -6.51. The Kier molecular flexibility index (Phi) is 10.5. The quantitative estimate of drug-likeness (QED) is 0.191. The molecule has 0 saturated carbocycles. The molecule has 2 amide bonds. The fourth-order valence-electron chi connectivity index (χ4n) is 5.33. The monoisotopic (exact) mass is 732 g/mol. The Morgan fingerprint density at radius 1 is 0.778 bits per heavy atom. The molecule has 0 radical (unpaired) electrons. The zero-order valence-electron chi connectivity index (χ0n) is 30.8. The topological polar surface area (TPSA) is 181 Å². The van der Waals surface area contributed by atoms with Crippen molar-refractivity contribution >= 4 is 29.4 Å². The van der Waals surface area contributed by atoms with E-state index in [1.807, 2.05) is 20.8 Å². The largest absolute Gasteiger partial charge is 0.482 e. The Morgan fingerprint density at radius 3 is 1.98 bits per heavy atom. The van der Waals surface area contributed by atoms with Gasteiger partial charge in [-0.3, -0.25) is 9.59 Å². The number of carbonyl (C=O) groups excluding carboxylic acids is 4. The number of nitrogens with zero attached hydrogens (tertiary/aromatic N) is 7. The van der Waals surface area contributed by atoms with Gasteiger partial charge in [0.2, 0.25) is 5.82 Å². The van der Waals surface area contributed by atoms with Gasteiger partial charge in [-0.2, -0.15) is 4.80 Å². The summed E-state index contributed by atoms with van der Waals surface area (Å²) in [5.41, 5.74) is 2.99. The maximum absolute atomic E-state index is 13.2. The number of esters is 2. The van der Waals surface area contributed by atoms with Crippen LogP contribution in [0.4, 0.5) is 5.69 Å². The molecular formula is C39H40N8O7. The summed E-state index contributed by atoms with van der Waals surface area (Å²) in [5.74, 6) is -0.771. The number of tetrazole rings is 1. The minimum absolute atomic E-state index is 0.0991.